The summed E-state index contributed by atoms with van der Waals surface area (Å²) in [5.41, 5.74) is 0.786. The van der Waals surface area contributed by atoms with Crippen molar-refractivity contribution in [3.05, 3.63) is 94.6 Å². The van der Waals surface area contributed by atoms with Gasteiger partial charge in [0, 0.05) is 41.8 Å². The quantitative estimate of drug-likeness (QED) is 0.373. The molecule has 0 saturated carbocycles. The molecule has 2 heterocycles. The fraction of sp³-hybridized carbons (Fsp3) is 0.0476. The van der Waals surface area contributed by atoms with Crippen molar-refractivity contribution >= 4 is 17.3 Å². The van der Waals surface area contributed by atoms with Crippen LogP contribution in [0.4, 0.5) is 11.4 Å². The molecule has 2 aromatic heterocycles. The van der Waals surface area contributed by atoms with Crippen molar-refractivity contribution in [2.24, 2.45) is 0 Å². The summed E-state index contributed by atoms with van der Waals surface area (Å²) < 4.78 is 7.42. The second-order valence-corrected chi connectivity index (χ2v) is 6.45. The van der Waals surface area contributed by atoms with Crippen LogP contribution in [-0.4, -0.2) is 30.6 Å². The van der Waals surface area contributed by atoms with E-state index in [2.05, 4.69) is 20.4 Å². The number of aromatic nitrogens is 4. The molecule has 10 nitrogen and oxygen atoms in total. The number of amides is 1. The molecule has 0 atom stereocenters. The molecule has 0 bridgehead atoms. The van der Waals surface area contributed by atoms with Gasteiger partial charge >= 0.3 is 0 Å². The zero-order chi connectivity index (χ0) is 21.8. The lowest BCUT2D eigenvalue weighted by Crippen LogP contribution is -2.11. The summed E-state index contributed by atoms with van der Waals surface area (Å²) in [5, 5.41) is 17.6. The van der Waals surface area contributed by atoms with E-state index in [0.717, 1.165) is 0 Å². The molecule has 2 aromatic carbocycles. The highest BCUT2D eigenvalue weighted by Gasteiger charge is 2.10. The van der Waals surface area contributed by atoms with Crippen LogP contribution in [0.3, 0.4) is 0 Å². The largest absolute Gasteiger partial charge is 0.439 e. The third kappa shape index (κ3) is 4.70. The van der Waals surface area contributed by atoms with Gasteiger partial charge in [0.15, 0.2) is 5.82 Å². The number of nitro groups is 1. The zero-order valence-corrected chi connectivity index (χ0v) is 16.3. The standard InChI is InChI=1S/C21H16N6O4/c1-14-23-19(26-12-2-11-22-26)13-20(24-14)31-18-9-5-16(6-10-18)25-21(28)15-3-7-17(8-4-15)27(29)30/h2-13H,1H3,(H,25,28). The fourth-order valence-corrected chi connectivity index (χ4v) is 2.76. The number of ether oxygens (including phenoxy) is 1. The van der Waals surface area contributed by atoms with E-state index in [9.17, 15) is 14.9 Å². The number of benzene rings is 2. The molecular weight excluding hydrogens is 400 g/mol. The number of non-ortho nitro benzene ring substituents is 1. The summed E-state index contributed by atoms with van der Waals surface area (Å²) in [7, 11) is 0. The average Bonchev–Trinajstić information content (AvgIpc) is 3.30. The average molecular weight is 416 g/mol. The fourth-order valence-electron chi connectivity index (χ4n) is 2.76. The van der Waals surface area contributed by atoms with Gasteiger partial charge in [-0.05, 0) is 49.4 Å². The first-order chi connectivity index (χ1) is 15.0. The Morgan fingerprint density at radius 2 is 1.84 bits per heavy atom. The van der Waals surface area contributed by atoms with Crippen molar-refractivity contribution in [1.29, 1.82) is 0 Å². The van der Waals surface area contributed by atoms with E-state index >= 15 is 0 Å². The minimum atomic E-state index is -0.516. The molecule has 0 saturated heterocycles. The second-order valence-electron chi connectivity index (χ2n) is 6.45. The summed E-state index contributed by atoms with van der Waals surface area (Å²) in [5.74, 6) is 1.63. The Morgan fingerprint density at radius 3 is 2.48 bits per heavy atom. The van der Waals surface area contributed by atoms with Gasteiger partial charge in [-0.3, -0.25) is 14.9 Å². The van der Waals surface area contributed by atoms with Crippen LogP contribution in [0.2, 0.25) is 0 Å². The predicted octanol–water partition coefficient (Wildman–Crippen LogP) is 3.92. The molecule has 0 fully saturated rings. The van der Waals surface area contributed by atoms with Crippen LogP contribution in [0, 0.1) is 17.0 Å². The van der Waals surface area contributed by atoms with Crippen molar-refractivity contribution in [2.75, 3.05) is 5.32 Å². The smallest absolute Gasteiger partial charge is 0.269 e. The second kappa shape index (κ2) is 8.41. The summed E-state index contributed by atoms with van der Waals surface area (Å²) >= 11 is 0. The van der Waals surface area contributed by atoms with Crippen LogP contribution in [0.5, 0.6) is 11.6 Å². The third-order valence-electron chi connectivity index (χ3n) is 4.21. The molecular formula is C21H16N6O4. The monoisotopic (exact) mass is 416 g/mol. The van der Waals surface area contributed by atoms with Gasteiger partial charge in [0.2, 0.25) is 5.88 Å². The van der Waals surface area contributed by atoms with Gasteiger partial charge in [0.05, 0.1) is 4.92 Å². The number of hydrogen-bond donors (Lipinski definition) is 1. The maximum Gasteiger partial charge on any atom is 0.269 e. The van der Waals surface area contributed by atoms with Gasteiger partial charge in [-0.2, -0.15) is 10.1 Å². The molecule has 0 aliphatic rings. The molecule has 0 aliphatic heterocycles. The van der Waals surface area contributed by atoms with E-state index in [1.54, 1.807) is 60.4 Å². The van der Waals surface area contributed by atoms with Gasteiger partial charge in [-0.15, -0.1) is 0 Å². The van der Waals surface area contributed by atoms with Crippen molar-refractivity contribution in [3.63, 3.8) is 0 Å². The zero-order valence-electron chi connectivity index (χ0n) is 16.3. The predicted molar refractivity (Wildman–Crippen MR) is 111 cm³/mol. The molecule has 0 unspecified atom stereocenters. The Balaban J connectivity index is 1.44. The minimum absolute atomic E-state index is 0.0753. The van der Waals surface area contributed by atoms with Gasteiger partial charge < -0.3 is 10.1 Å². The number of aryl methyl sites for hydroxylation is 1. The highest BCUT2D eigenvalue weighted by Crippen LogP contribution is 2.23. The molecule has 10 heteroatoms. The van der Waals surface area contributed by atoms with Crippen molar-refractivity contribution < 1.29 is 14.5 Å². The van der Waals surface area contributed by atoms with E-state index in [-0.39, 0.29) is 11.6 Å². The highest BCUT2D eigenvalue weighted by atomic mass is 16.6. The van der Waals surface area contributed by atoms with E-state index in [1.165, 1.54) is 24.3 Å². The van der Waals surface area contributed by atoms with E-state index < -0.39 is 4.92 Å². The number of carbonyl (C=O) groups is 1. The number of rotatable bonds is 6. The number of nitrogens with one attached hydrogen (secondary N) is 1. The number of carbonyl (C=O) groups excluding carboxylic acids is 1. The lowest BCUT2D eigenvalue weighted by atomic mass is 10.2. The maximum atomic E-state index is 12.3. The van der Waals surface area contributed by atoms with Crippen molar-refractivity contribution in [3.8, 4) is 17.4 Å². The molecule has 31 heavy (non-hydrogen) atoms. The van der Waals surface area contributed by atoms with Gasteiger partial charge in [0.1, 0.15) is 11.6 Å². The van der Waals surface area contributed by atoms with Crippen LogP contribution in [-0.2, 0) is 0 Å². The molecule has 154 valence electrons. The van der Waals surface area contributed by atoms with Crippen molar-refractivity contribution in [1.82, 2.24) is 19.7 Å². The number of hydrogen-bond acceptors (Lipinski definition) is 7. The topological polar surface area (TPSA) is 125 Å². The van der Waals surface area contributed by atoms with Crippen LogP contribution in [0.1, 0.15) is 16.2 Å². The first kappa shape index (κ1) is 19.7. The molecule has 4 aromatic rings. The first-order valence-electron chi connectivity index (χ1n) is 9.17. The van der Waals surface area contributed by atoms with E-state index in [4.69, 9.17) is 4.74 Å². The van der Waals surface area contributed by atoms with Crippen LogP contribution in [0.15, 0.2) is 73.1 Å². The van der Waals surface area contributed by atoms with Gasteiger partial charge in [-0.1, -0.05) is 0 Å². The molecule has 1 N–H and O–H groups in total. The molecule has 1 amide bonds. The Bertz CT molecular complexity index is 1220. The van der Waals surface area contributed by atoms with Gasteiger partial charge in [0.25, 0.3) is 11.6 Å². The van der Waals surface area contributed by atoms with E-state index in [0.29, 0.717) is 34.5 Å². The Morgan fingerprint density at radius 1 is 1.10 bits per heavy atom. The molecule has 4 rings (SSSR count). The molecule has 0 aliphatic carbocycles. The third-order valence-corrected chi connectivity index (χ3v) is 4.21. The maximum absolute atomic E-state index is 12.3. The Labute approximate surface area is 176 Å². The van der Waals surface area contributed by atoms with Crippen LogP contribution >= 0.6 is 0 Å². The normalized spacial score (nSPS) is 10.5. The summed E-state index contributed by atoms with van der Waals surface area (Å²) in [6.45, 7) is 1.76. The number of nitro benzene ring substituents is 1. The summed E-state index contributed by atoms with van der Waals surface area (Å²) in [6, 6.07) is 15.6. The summed E-state index contributed by atoms with van der Waals surface area (Å²) in [4.78, 5) is 31.1. The summed E-state index contributed by atoms with van der Waals surface area (Å²) in [6.07, 6.45) is 3.43. The number of anilines is 1. The number of nitrogens with zero attached hydrogens (tertiary/aromatic N) is 5. The van der Waals surface area contributed by atoms with Crippen LogP contribution < -0.4 is 10.1 Å². The molecule has 0 spiro atoms. The highest BCUT2D eigenvalue weighted by molar-refractivity contribution is 6.04. The van der Waals surface area contributed by atoms with Gasteiger partial charge in [-0.25, -0.2) is 9.67 Å². The Kier molecular flexibility index (Phi) is 5.35. The van der Waals surface area contributed by atoms with Crippen LogP contribution in [0.25, 0.3) is 5.82 Å². The minimum Gasteiger partial charge on any atom is -0.439 e. The SMILES string of the molecule is Cc1nc(Oc2ccc(NC(=O)c3ccc([N+](=O)[O-])cc3)cc2)cc(-n2cccn2)n1. The van der Waals surface area contributed by atoms with Crippen molar-refractivity contribution in [2.45, 2.75) is 6.92 Å². The lowest BCUT2D eigenvalue weighted by molar-refractivity contribution is -0.384. The van der Waals surface area contributed by atoms with E-state index in [1.807, 2.05) is 0 Å². The lowest BCUT2D eigenvalue weighted by Gasteiger charge is -2.09. The Hall–Kier alpha value is -4.60. The first-order valence-corrected chi connectivity index (χ1v) is 9.17. The molecule has 0 radical (unpaired) electrons.